The summed E-state index contributed by atoms with van der Waals surface area (Å²) >= 11 is 9.79. The highest BCUT2D eigenvalue weighted by Gasteiger charge is 2.31. The van der Waals surface area contributed by atoms with Crippen molar-refractivity contribution >= 4 is 33.2 Å². The molecule has 1 aliphatic heterocycles. The molecule has 0 atom stereocenters. The number of hydrogen-bond donors (Lipinski definition) is 1. The van der Waals surface area contributed by atoms with E-state index >= 15 is 0 Å². The van der Waals surface area contributed by atoms with E-state index in [0.29, 0.717) is 10.7 Å². The lowest BCUT2D eigenvalue weighted by Gasteiger charge is -2.36. The van der Waals surface area contributed by atoms with Gasteiger partial charge in [-0.2, -0.15) is 0 Å². The summed E-state index contributed by atoms with van der Waals surface area (Å²) in [6.45, 7) is 3.71. The van der Waals surface area contributed by atoms with Gasteiger partial charge in [-0.05, 0) is 38.1 Å². The van der Waals surface area contributed by atoms with Crippen molar-refractivity contribution in [2.75, 3.05) is 0 Å². The molecule has 1 aliphatic rings. The number of rotatable bonds is 1. The first-order chi connectivity index (χ1) is 9.90. The van der Waals surface area contributed by atoms with Gasteiger partial charge in [0.1, 0.15) is 0 Å². The summed E-state index contributed by atoms with van der Waals surface area (Å²) in [6, 6.07) is 13.3. The minimum absolute atomic E-state index is 0.593. The third-order valence-electron chi connectivity index (χ3n) is 3.47. The Kier molecular flexibility index (Phi) is 3.56. The number of hydroxylamine groups is 2. The molecule has 0 saturated carbocycles. The fourth-order valence-electron chi connectivity index (χ4n) is 2.44. The van der Waals surface area contributed by atoms with Crippen molar-refractivity contribution in [3.05, 3.63) is 68.1 Å². The highest BCUT2D eigenvalue weighted by atomic mass is 79.9. The van der Waals surface area contributed by atoms with Gasteiger partial charge in [-0.1, -0.05) is 45.7 Å². The Morgan fingerprint density at radius 1 is 1.19 bits per heavy atom. The lowest BCUT2D eigenvalue weighted by molar-refractivity contribution is -0.105. The Balaban J connectivity index is 2.46. The van der Waals surface area contributed by atoms with E-state index in [4.69, 9.17) is 11.6 Å². The first-order valence-electron chi connectivity index (χ1n) is 6.54. The van der Waals surface area contributed by atoms with Gasteiger partial charge in [0.2, 0.25) is 0 Å². The molecule has 3 rings (SSSR count). The largest absolute Gasteiger partial charge is 0.286 e. The Labute approximate surface area is 136 Å². The quantitative estimate of drug-likeness (QED) is 0.841. The number of fused-ring (bicyclic) bond motifs is 1. The summed E-state index contributed by atoms with van der Waals surface area (Å²) in [6.07, 6.45) is 0. The lowest BCUT2D eigenvalue weighted by Crippen LogP contribution is -2.50. The molecule has 0 amide bonds. The fraction of sp³-hybridized carbons (Fsp3) is 0.188. The van der Waals surface area contributed by atoms with Crippen LogP contribution in [-0.2, 0) is 0 Å². The van der Waals surface area contributed by atoms with E-state index in [1.54, 1.807) is 0 Å². The van der Waals surface area contributed by atoms with E-state index in [1.807, 2.05) is 56.3 Å². The normalized spacial score (nSPS) is 16.4. The predicted octanol–water partition coefficient (Wildman–Crippen LogP) is 3.32. The van der Waals surface area contributed by atoms with Crippen LogP contribution >= 0.6 is 27.5 Å². The van der Waals surface area contributed by atoms with Crippen LogP contribution in [0.2, 0.25) is 5.02 Å². The molecule has 0 radical (unpaired) electrons. The molecular formula is C16H14BrClN2O. The van der Waals surface area contributed by atoms with Gasteiger partial charge in [-0.25, -0.2) is 5.06 Å². The smallest absolute Gasteiger partial charge is 0.151 e. The second kappa shape index (κ2) is 5.13. The molecule has 0 saturated heterocycles. The van der Waals surface area contributed by atoms with Crippen molar-refractivity contribution in [3.8, 4) is 0 Å². The van der Waals surface area contributed by atoms with E-state index < -0.39 is 5.66 Å². The maximum Gasteiger partial charge on any atom is 0.151 e. The molecule has 2 aromatic rings. The van der Waals surface area contributed by atoms with Crippen molar-refractivity contribution in [3.63, 3.8) is 0 Å². The topological polar surface area (TPSA) is 35.8 Å². The Hall–Kier alpha value is -1.36. The van der Waals surface area contributed by atoms with Crippen LogP contribution in [0.25, 0.3) is 5.70 Å². The predicted molar refractivity (Wildman–Crippen MR) is 86.6 cm³/mol. The summed E-state index contributed by atoms with van der Waals surface area (Å²) in [5.41, 5.74) is 0.691. The average molecular weight is 366 g/mol. The molecule has 0 unspecified atom stereocenters. The van der Waals surface area contributed by atoms with Gasteiger partial charge in [-0.3, -0.25) is 10.2 Å². The fourth-order valence-corrected chi connectivity index (χ4v) is 3.02. The van der Waals surface area contributed by atoms with Gasteiger partial charge < -0.3 is 0 Å². The van der Waals surface area contributed by atoms with E-state index in [9.17, 15) is 5.21 Å². The molecular weight excluding hydrogens is 352 g/mol. The minimum Gasteiger partial charge on any atom is -0.286 e. The van der Waals surface area contributed by atoms with E-state index in [0.717, 1.165) is 20.6 Å². The summed E-state index contributed by atoms with van der Waals surface area (Å²) in [7, 11) is 0. The summed E-state index contributed by atoms with van der Waals surface area (Å²) in [5, 5.41) is 14.1. The molecule has 0 aromatic heterocycles. The molecule has 108 valence electrons. The number of hydrogen-bond acceptors (Lipinski definition) is 3. The molecule has 0 spiro atoms. The summed E-state index contributed by atoms with van der Waals surface area (Å²) in [4.78, 5) is 4.60. The van der Waals surface area contributed by atoms with E-state index in [-0.39, 0.29) is 0 Å². The molecule has 0 fully saturated rings. The average Bonchev–Trinajstić information content (AvgIpc) is 2.42. The van der Waals surface area contributed by atoms with Crippen molar-refractivity contribution in [2.24, 2.45) is 4.99 Å². The molecule has 21 heavy (non-hydrogen) atoms. The molecule has 2 aromatic carbocycles. The second-order valence-corrected chi connectivity index (χ2v) is 6.73. The number of nitrogens with zero attached hydrogens (tertiary/aromatic N) is 2. The van der Waals surface area contributed by atoms with Crippen molar-refractivity contribution in [1.29, 1.82) is 0 Å². The molecule has 3 nitrogen and oxygen atoms in total. The summed E-state index contributed by atoms with van der Waals surface area (Å²) in [5.74, 6) is 0. The zero-order valence-corrected chi connectivity index (χ0v) is 14.0. The SMILES string of the molecule is CC1(C)N=c2ccc(Br)cc2=C(c2ccccc2Cl)N1O. The Morgan fingerprint density at radius 3 is 2.62 bits per heavy atom. The highest BCUT2D eigenvalue weighted by molar-refractivity contribution is 9.10. The van der Waals surface area contributed by atoms with Crippen LogP contribution in [0.3, 0.4) is 0 Å². The van der Waals surface area contributed by atoms with Gasteiger partial charge in [-0.15, -0.1) is 0 Å². The first kappa shape index (κ1) is 14.6. The molecule has 0 aliphatic carbocycles. The van der Waals surface area contributed by atoms with Crippen molar-refractivity contribution < 1.29 is 5.21 Å². The van der Waals surface area contributed by atoms with Crippen LogP contribution in [-0.4, -0.2) is 15.9 Å². The van der Waals surface area contributed by atoms with Crippen LogP contribution in [0.5, 0.6) is 0 Å². The summed E-state index contributed by atoms with van der Waals surface area (Å²) < 4.78 is 0.925. The number of benzene rings is 2. The van der Waals surface area contributed by atoms with Gasteiger partial charge in [0.15, 0.2) is 5.66 Å². The highest BCUT2D eigenvalue weighted by Crippen LogP contribution is 2.30. The van der Waals surface area contributed by atoms with Crippen LogP contribution in [0.1, 0.15) is 19.4 Å². The second-order valence-electron chi connectivity index (χ2n) is 5.41. The lowest BCUT2D eigenvalue weighted by atomic mass is 10.0. The van der Waals surface area contributed by atoms with Gasteiger partial charge in [0.05, 0.1) is 11.1 Å². The van der Waals surface area contributed by atoms with Crippen molar-refractivity contribution in [1.82, 2.24) is 5.06 Å². The van der Waals surface area contributed by atoms with Crippen LogP contribution in [0.4, 0.5) is 0 Å². The van der Waals surface area contributed by atoms with Gasteiger partial charge in [0.25, 0.3) is 0 Å². The van der Waals surface area contributed by atoms with Gasteiger partial charge in [0, 0.05) is 20.3 Å². The van der Waals surface area contributed by atoms with Crippen LogP contribution in [0.15, 0.2) is 51.9 Å². The monoisotopic (exact) mass is 364 g/mol. The molecule has 0 bridgehead atoms. The molecule has 1 N–H and O–H groups in total. The number of halogens is 2. The van der Waals surface area contributed by atoms with Crippen molar-refractivity contribution in [2.45, 2.75) is 19.5 Å². The van der Waals surface area contributed by atoms with Crippen LogP contribution < -0.4 is 10.6 Å². The van der Waals surface area contributed by atoms with Crippen LogP contribution in [0, 0.1) is 0 Å². The van der Waals surface area contributed by atoms with E-state index in [2.05, 4.69) is 20.9 Å². The zero-order chi connectivity index (χ0) is 15.2. The minimum atomic E-state index is -0.755. The molecule has 5 heteroatoms. The third-order valence-corrected chi connectivity index (χ3v) is 4.29. The Morgan fingerprint density at radius 2 is 1.90 bits per heavy atom. The zero-order valence-electron chi connectivity index (χ0n) is 11.6. The van der Waals surface area contributed by atoms with E-state index in [1.165, 1.54) is 5.06 Å². The third kappa shape index (κ3) is 2.48. The maximum absolute atomic E-state index is 10.6. The first-order valence-corrected chi connectivity index (χ1v) is 7.71. The standard InChI is InChI=1S/C16H14BrClN2O/c1-16(2)19-14-8-7-10(17)9-12(14)15(20(16)21)11-5-3-4-6-13(11)18/h3-9,21H,1-2H3. The van der Waals surface area contributed by atoms with Gasteiger partial charge >= 0.3 is 0 Å². The maximum atomic E-state index is 10.6. The molecule has 1 heterocycles. The Bertz CT molecular complexity index is 832.